The summed E-state index contributed by atoms with van der Waals surface area (Å²) in [4.78, 5) is 31.0. The molecule has 0 fully saturated rings. The molecule has 0 unspecified atom stereocenters. The van der Waals surface area contributed by atoms with Crippen LogP contribution < -0.4 is 11.2 Å². The topological polar surface area (TPSA) is 75.0 Å². The summed E-state index contributed by atoms with van der Waals surface area (Å²) in [6, 6.07) is 18.7. The summed E-state index contributed by atoms with van der Waals surface area (Å²) in [6.45, 7) is 0.0739. The molecule has 7 nitrogen and oxygen atoms in total. The minimum Gasteiger partial charge on any atom is -0.467 e. The second-order valence-corrected chi connectivity index (χ2v) is 7.06. The number of benzene rings is 2. The summed E-state index contributed by atoms with van der Waals surface area (Å²) in [5.41, 5.74) is 0.359. The van der Waals surface area contributed by atoms with Crippen LogP contribution in [0.25, 0.3) is 16.9 Å². The highest BCUT2D eigenvalue weighted by molar-refractivity contribution is 5.72. The molecule has 154 valence electrons. The average molecular weight is 416 g/mol. The van der Waals surface area contributed by atoms with Gasteiger partial charge in [-0.25, -0.2) is 18.7 Å². The third-order valence-electron chi connectivity index (χ3n) is 5.11. The lowest BCUT2D eigenvalue weighted by Gasteiger charge is -2.12. The van der Waals surface area contributed by atoms with Crippen molar-refractivity contribution in [3.63, 3.8) is 0 Å². The lowest BCUT2D eigenvalue weighted by atomic mass is 10.2. The van der Waals surface area contributed by atoms with Crippen LogP contribution in [-0.4, -0.2) is 18.7 Å². The number of hydrogen-bond acceptors (Lipinski definition) is 4. The number of imidazole rings is 1. The minimum atomic E-state index is -0.531. The maximum Gasteiger partial charge on any atom is 0.337 e. The minimum absolute atomic E-state index is 0.0294. The molecule has 31 heavy (non-hydrogen) atoms. The molecule has 0 bridgehead atoms. The summed E-state index contributed by atoms with van der Waals surface area (Å²) in [6.07, 6.45) is 2.94. The first kappa shape index (κ1) is 18.8. The van der Waals surface area contributed by atoms with Crippen molar-refractivity contribution in [1.82, 2.24) is 18.7 Å². The molecule has 0 N–H and O–H groups in total. The molecule has 2 aromatic carbocycles. The molecule has 5 rings (SSSR count). The second kappa shape index (κ2) is 7.56. The van der Waals surface area contributed by atoms with Gasteiger partial charge in [0.25, 0.3) is 5.56 Å². The molecule has 0 amide bonds. The Morgan fingerprint density at radius 3 is 2.42 bits per heavy atom. The molecule has 0 aliphatic carbocycles. The van der Waals surface area contributed by atoms with Crippen molar-refractivity contribution in [2.24, 2.45) is 0 Å². The van der Waals surface area contributed by atoms with Crippen LogP contribution in [0.3, 0.4) is 0 Å². The van der Waals surface area contributed by atoms with E-state index in [4.69, 9.17) is 4.42 Å². The van der Waals surface area contributed by atoms with Gasteiger partial charge >= 0.3 is 5.69 Å². The summed E-state index contributed by atoms with van der Waals surface area (Å²) in [5.74, 6) is 0.0926. The summed E-state index contributed by atoms with van der Waals surface area (Å²) >= 11 is 0. The first-order valence-electron chi connectivity index (χ1n) is 9.65. The standard InChI is InChI=1S/C23H17FN4O3/c24-19-11-5-4-7-16(19)13-26-15-25-21-20(26)22(29)27(14-18-10-6-12-31-18)23(30)28(21)17-8-2-1-3-9-17/h1-12,15H,13-14H2. The van der Waals surface area contributed by atoms with Gasteiger partial charge in [-0.1, -0.05) is 36.4 Å². The van der Waals surface area contributed by atoms with E-state index in [1.165, 1.54) is 23.2 Å². The molecule has 0 atom stereocenters. The highest BCUT2D eigenvalue weighted by atomic mass is 19.1. The van der Waals surface area contributed by atoms with Crippen LogP contribution in [0.5, 0.6) is 0 Å². The highest BCUT2D eigenvalue weighted by Gasteiger charge is 2.20. The Hall–Kier alpha value is -4.20. The molecule has 3 aromatic heterocycles. The van der Waals surface area contributed by atoms with E-state index >= 15 is 0 Å². The van der Waals surface area contributed by atoms with E-state index in [1.54, 1.807) is 59.2 Å². The van der Waals surface area contributed by atoms with E-state index in [-0.39, 0.29) is 30.1 Å². The maximum absolute atomic E-state index is 14.2. The average Bonchev–Trinajstić information content (AvgIpc) is 3.44. The van der Waals surface area contributed by atoms with Crippen LogP contribution in [-0.2, 0) is 13.1 Å². The highest BCUT2D eigenvalue weighted by Crippen LogP contribution is 2.16. The van der Waals surface area contributed by atoms with Crippen molar-refractivity contribution >= 4 is 11.2 Å². The van der Waals surface area contributed by atoms with E-state index < -0.39 is 11.2 Å². The Kier molecular flexibility index (Phi) is 4.59. The number of hydrogen-bond donors (Lipinski definition) is 0. The first-order chi connectivity index (χ1) is 15.1. The Morgan fingerprint density at radius 2 is 1.68 bits per heavy atom. The largest absolute Gasteiger partial charge is 0.467 e. The van der Waals surface area contributed by atoms with Crippen molar-refractivity contribution in [3.8, 4) is 5.69 Å². The van der Waals surface area contributed by atoms with Crippen LogP contribution in [0.1, 0.15) is 11.3 Å². The molecule has 0 spiro atoms. The van der Waals surface area contributed by atoms with E-state index in [9.17, 15) is 14.0 Å². The lowest BCUT2D eigenvalue weighted by Crippen LogP contribution is -2.40. The second-order valence-electron chi connectivity index (χ2n) is 7.06. The van der Waals surface area contributed by atoms with Crippen LogP contribution >= 0.6 is 0 Å². The van der Waals surface area contributed by atoms with E-state index in [2.05, 4.69) is 4.98 Å². The third kappa shape index (κ3) is 3.28. The Labute approximate surface area is 175 Å². The van der Waals surface area contributed by atoms with Gasteiger partial charge in [0.05, 0.1) is 31.4 Å². The number of para-hydroxylation sites is 1. The Bertz CT molecular complexity index is 1480. The molecule has 8 heteroatoms. The monoisotopic (exact) mass is 416 g/mol. The van der Waals surface area contributed by atoms with E-state index in [0.29, 0.717) is 17.0 Å². The van der Waals surface area contributed by atoms with Crippen molar-refractivity contribution in [2.45, 2.75) is 13.1 Å². The molecule has 5 aromatic rings. The summed E-state index contributed by atoms with van der Waals surface area (Å²) < 4.78 is 23.6. The Morgan fingerprint density at radius 1 is 0.903 bits per heavy atom. The molecular weight excluding hydrogens is 399 g/mol. The van der Waals surface area contributed by atoms with Gasteiger partial charge in [0.1, 0.15) is 11.6 Å². The third-order valence-corrected chi connectivity index (χ3v) is 5.11. The lowest BCUT2D eigenvalue weighted by molar-refractivity contribution is 0.482. The number of aromatic nitrogens is 4. The number of nitrogens with zero attached hydrogens (tertiary/aromatic N) is 4. The normalized spacial score (nSPS) is 11.3. The number of rotatable bonds is 5. The molecule has 0 saturated heterocycles. The van der Waals surface area contributed by atoms with Gasteiger partial charge in [0.2, 0.25) is 0 Å². The molecule has 0 aliphatic rings. The molecule has 0 aliphatic heterocycles. The van der Waals surface area contributed by atoms with Gasteiger partial charge in [-0.3, -0.25) is 9.36 Å². The molecule has 0 saturated carbocycles. The van der Waals surface area contributed by atoms with Gasteiger partial charge in [-0.05, 0) is 30.3 Å². The fourth-order valence-corrected chi connectivity index (χ4v) is 3.62. The quantitative estimate of drug-likeness (QED) is 0.441. The van der Waals surface area contributed by atoms with Gasteiger partial charge < -0.3 is 8.98 Å². The van der Waals surface area contributed by atoms with Crippen molar-refractivity contribution in [2.75, 3.05) is 0 Å². The maximum atomic E-state index is 14.2. The van der Waals surface area contributed by atoms with Gasteiger partial charge in [-0.2, -0.15) is 0 Å². The summed E-state index contributed by atoms with van der Waals surface area (Å²) in [5, 5.41) is 0. The van der Waals surface area contributed by atoms with Crippen molar-refractivity contribution in [1.29, 1.82) is 0 Å². The van der Waals surface area contributed by atoms with Crippen LogP contribution in [0, 0.1) is 5.82 Å². The molecule has 3 heterocycles. The van der Waals surface area contributed by atoms with Gasteiger partial charge in [-0.15, -0.1) is 0 Å². The molecular formula is C23H17FN4O3. The first-order valence-corrected chi connectivity index (χ1v) is 9.65. The SMILES string of the molecule is O=c1c2c(ncn2Cc2ccccc2F)n(-c2ccccc2)c(=O)n1Cc1ccco1. The molecule has 0 radical (unpaired) electrons. The zero-order valence-corrected chi connectivity index (χ0v) is 16.3. The Balaban J connectivity index is 1.78. The predicted molar refractivity (Wildman–Crippen MR) is 113 cm³/mol. The van der Waals surface area contributed by atoms with Crippen LogP contribution in [0.2, 0.25) is 0 Å². The predicted octanol–water partition coefficient (Wildman–Crippen LogP) is 3.18. The zero-order chi connectivity index (χ0) is 21.4. The van der Waals surface area contributed by atoms with Crippen molar-refractivity contribution in [3.05, 3.63) is 117 Å². The fourth-order valence-electron chi connectivity index (χ4n) is 3.62. The van der Waals surface area contributed by atoms with Crippen molar-refractivity contribution < 1.29 is 8.81 Å². The fraction of sp³-hybridized carbons (Fsp3) is 0.0870. The van der Waals surface area contributed by atoms with Gasteiger partial charge in [0.15, 0.2) is 11.2 Å². The van der Waals surface area contributed by atoms with E-state index in [1.807, 2.05) is 6.07 Å². The van der Waals surface area contributed by atoms with Gasteiger partial charge in [0, 0.05) is 5.56 Å². The zero-order valence-electron chi connectivity index (χ0n) is 16.3. The summed E-state index contributed by atoms with van der Waals surface area (Å²) in [7, 11) is 0. The number of fused-ring (bicyclic) bond motifs is 1. The van der Waals surface area contributed by atoms with Crippen LogP contribution in [0.15, 0.2) is 93.3 Å². The number of furan rings is 1. The van der Waals surface area contributed by atoms with Crippen LogP contribution in [0.4, 0.5) is 4.39 Å². The van der Waals surface area contributed by atoms with E-state index in [0.717, 1.165) is 4.57 Å². The smallest absolute Gasteiger partial charge is 0.337 e. The number of halogens is 1.